The molecule has 1 aliphatic heterocycles. The minimum Gasteiger partial charge on any atom is -0.316 e. The molecule has 2 heterocycles. The molecule has 1 aliphatic rings. The topological polar surface area (TPSA) is 54.0 Å². The molecule has 1 atom stereocenters. The highest BCUT2D eigenvalue weighted by molar-refractivity contribution is 7.16. The maximum atomic E-state index is 12.2. The molecule has 22 heavy (non-hydrogen) atoms. The van der Waals surface area contributed by atoms with E-state index in [2.05, 4.69) is 15.6 Å². The SMILES string of the molecule is Cc1nc(-c2ccccc2)c(NC(=O)CCC2CCNC2)s1. The first-order chi connectivity index (χ1) is 10.7. The van der Waals surface area contributed by atoms with Crippen molar-refractivity contribution in [3.8, 4) is 11.3 Å². The predicted octanol–water partition coefficient (Wildman–Crippen LogP) is 3.45. The number of rotatable bonds is 5. The summed E-state index contributed by atoms with van der Waals surface area (Å²) >= 11 is 1.54. The second-order valence-corrected chi connectivity index (χ2v) is 6.93. The Morgan fingerprint density at radius 3 is 2.95 bits per heavy atom. The van der Waals surface area contributed by atoms with Gasteiger partial charge >= 0.3 is 0 Å². The molecule has 0 spiro atoms. The fourth-order valence-corrected chi connectivity index (χ4v) is 3.65. The van der Waals surface area contributed by atoms with Crippen LogP contribution in [0.25, 0.3) is 11.3 Å². The third kappa shape index (κ3) is 3.72. The van der Waals surface area contributed by atoms with Crippen LogP contribution in [0.1, 0.15) is 24.3 Å². The molecule has 5 heteroatoms. The number of nitrogens with zero attached hydrogens (tertiary/aromatic N) is 1. The summed E-state index contributed by atoms with van der Waals surface area (Å²) in [6.07, 6.45) is 2.72. The van der Waals surface area contributed by atoms with E-state index in [0.29, 0.717) is 12.3 Å². The van der Waals surface area contributed by atoms with Gasteiger partial charge in [-0.15, -0.1) is 11.3 Å². The molecule has 0 saturated carbocycles. The van der Waals surface area contributed by atoms with Gasteiger partial charge in [0, 0.05) is 12.0 Å². The number of anilines is 1. The molecule has 2 N–H and O–H groups in total. The molecule has 1 amide bonds. The highest BCUT2D eigenvalue weighted by Crippen LogP contribution is 2.33. The minimum atomic E-state index is 0.0905. The first-order valence-corrected chi connectivity index (χ1v) is 8.57. The summed E-state index contributed by atoms with van der Waals surface area (Å²) < 4.78 is 0. The standard InChI is InChI=1S/C17H21N3OS/c1-12-19-16(14-5-3-2-4-6-14)17(22-12)20-15(21)8-7-13-9-10-18-11-13/h2-6,13,18H,7-11H2,1H3,(H,20,21). The molecule has 1 saturated heterocycles. The Hall–Kier alpha value is -1.72. The summed E-state index contributed by atoms with van der Waals surface area (Å²) in [5, 5.41) is 8.22. The number of carbonyl (C=O) groups excluding carboxylic acids is 1. The maximum Gasteiger partial charge on any atom is 0.225 e. The monoisotopic (exact) mass is 315 g/mol. The molecule has 0 radical (unpaired) electrons. The number of aromatic nitrogens is 1. The van der Waals surface area contributed by atoms with Crippen LogP contribution in [0.4, 0.5) is 5.00 Å². The van der Waals surface area contributed by atoms with Crippen molar-refractivity contribution in [1.29, 1.82) is 0 Å². The highest BCUT2D eigenvalue weighted by Gasteiger charge is 2.17. The van der Waals surface area contributed by atoms with Crippen LogP contribution in [-0.2, 0) is 4.79 Å². The van der Waals surface area contributed by atoms with Crippen molar-refractivity contribution < 1.29 is 4.79 Å². The second kappa shape index (κ2) is 7.03. The van der Waals surface area contributed by atoms with Crippen molar-refractivity contribution >= 4 is 22.2 Å². The van der Waals surface area contributed by atoms with Gasteiger partial charge in [0.2, 0.25) is 5.91 Å². The van der Waals surface area contributed by atoms with Crippen molar-refractivity contribution in [2.75, 3.05) is 18.4 Å². The number of benzene rings is 1. The van der Waals surface area contributed by atoms with E-state index in [1.165, 1.54) is 6.42 Å². The lowest BCUT2D eigenvalue weighted by Crippen LogP contribution is -2.14. The number of amides is 1. The molecule has 2 aromatic rings. The van der Waals surface area contributed by atoms with Crippen LogP contribution < -0.4 is 10.6 Å². The summed E-state index contributed by atoms with van der Waals surface area (Å²) in [5.41, 5.74) is 1.92. The highest BCUT2D eigenvalue weighted by atomic mass is 32.1. The number of thiazole rings is 1. The van der Waals surface area contributed by atoms with Gasteiger partial charge in [0.1, 0.15) is 10.7 Å². The zero-order valence-electron chi connectivity index (χ0n) is 12.8. The average molecular weight is 315 g/mol. The van der Waals surface area contributed by atoms with Crippen molar-refractivity contribution in [2.45, 2.75) is 26.2 Å². The summed E-state index contributed by atoms with van der Waals surface area (Å²) in [6.45, 7) is 4.09. The zero-order valence-corrected chi connectivity index (χ0v) is 13.6. The number of carbonyl (C=O) groups is 1. The number of hydrogen-bond acceptors (Lipinski definition) is 4. The van der Waals surface area contributed by atoms with Gasteiger partial charge in [0.25, 0.3) is 0 Å². The Bertz CT molecular complexity index is 633. The Labute approximate surface area is 135 Å². The van der Waals surface area contributed by atoms with E-state index in [9.17, 15) is 4.79 Å². The first-order valence-electron chi connectivity index (χ1n) is 7.76. The lowest BCUT2D eigenvalue weighted by atomic mass is 10.0. The van der Waals surface area contributed by atoms with E-state index in [4.69, 9.17) is 0 Å². The van der Waals surface area contributed by atoms with Crippen molar-refractivity contribution in [3.63, 3.8) is 0 Å². The van der Waals surface area contributed by atoms with Crippen LogP contribution in [0, 0.1) is 12.8 Å². The molecule has 1 unspecified atom stereocenters. The van der Waals surface area contributed by atoms with Crippen molar-refractivity contribution in [3.05, 3.63) is 35.3 Å². The van der Waals surface area contributed by atoms with E-state index in [0.717, 1.165) is 40.8 Å². The molecule has 3 rings (SSSR count). The average Bonchev–Trinajstić information content (AvgIpc) is 3.16. The third-order valence-electron chi connectivity index (χ3n) is 3.98. The molecular weight excluding hydrogens is 294 g/mol. The van der Waals surface area contributed by atoms with Crippen LogP contribution in [0.3, 0.4) is 0 Å². The number of aryl methyl sites for hydroxylation is 1. The van der Waals surface area contributed by atoms with Gasteiger partial charge in [0.15, 0.2) is 0 Å². The predicted molar refractivity (Wildman–Crippen MR) is 91.1 cm³/mol. The Kier molecular flexibility index (Phi) is 4.85. The Morgan fingerprint density at radius 1 is 1.41 bits per heavy atom. The summed E-state index contributed by atoms with van der Waals surface area (Å²) in [4.78, 5) is 16.8. The second-order valence-electron chi connectivity index (χ2n) is 5.72. The lowest BCUT2D eigenvalue weighted by Gasteiger charge is -2.08. The largest absolute Gasteiger partial charge is 0.316 e. The fourth-order valence-electron chi connectivity index (χ4n) is 2.79. The van der Waals surface area contributed by atoms with Crippen LogP contribution in [0.5, 0.6) is 0 Å². The molecular formula is C17H21N3OS. The van der Waals surface area contributed by atoms with Crippen LogP contribution in [0.2, 0.25) is 0 Å². The van der Waals surface area contributed by atoms with E-state index >= 15 is 0 Å². The molecule has 4 nitrogen and oxygen atoms in total. The van der Waals surface area contributed by atoms with E-state index < -0.39 is 0 Å². The smallest absolute Gasteiger partial charge is 0.225 e. The van der Waals surface area contributed by atoms with Gasteiger partial charge in [-0.3, -0.25) is 4.79 Å². The van der Waals surface area contributed by atoms with Crippen molar-refractivity contribution in [2.24, 2.45) is 5.92 Å². The summed E-state index contributed by atoms with van der Waals surface area (Å²) in [7, 11) is 0. The van der Waals surface area contributed by atoms with E-state index in [1.54, 1.807) is 11.3 Å². The molecule has 116 valence electrons. The summed E-state index contributed by atoms with van der Waals surface area (Å²) in [6, 6.07) is 10.0. The van der Waals surface area contributed by atoms with Gasteiger partial charge in [-0.2, -0.15) is 0 Å². The zero-order chi connectivity index (χ0) is 15.4. The van der Waals surface area contributed by atoms with Crippen LogP contribution >= 0.6 is 11.3 Å². The molecule has 0 aliphatic carbocycles. The van der Waals surface area contributed by atoms with Gasteiger partial charge in [-0.25, -0.2) is 4.98 Å². The fraction of sp³-hybridized carbons (Fsp3) is 0.412. The molecule has 0 bridgehead atoms. The number of nitrogens with one attached hydrogen (secondary N) is 2. The number of hydrogen-bond donors (Lipinski definition) is 2. The summed E-state index contributed by atoms with van der Waals surface area (Å²) in [5.74, 6) is 0.732. The normalized spacial score (nSPS) is 17.6. The Balaban J connectivity index is 1.65. The van der Waals surface area contributed by atoms with Crippen molar-refractivity contribution in [1.82, 2.24) is 10.3 Å². The Morgan fingerprint density at radius 2 is 2.23 bits per heavy atom. The van der Waals surface area contributed by atoms with E-state index in [1.807, 2.05) is 37.3 Å². The molecule has 1 fully saturated rings. The molecule has 1 aromatic heterocycles. The van der Waals surface area contributed by atoms with E-state index in [-0.39, 0.29) is 5.91 Å². The van der Waals surface area contributed by atoms with Gasteiger partial charge in [-0.1, -0.05) is 30.3 Å². The van der Waals surface area contributed by atoms with Gasteiger partial charge < -0.3 is 10.6 Å². The third-order valence-corrected chi connectivity index (χ3v) is 4.86. The lowest BCUT2D eigenvalue weighted by molar-refractivity contribution is -0.116. The first kappa shape index (κ1) is 15.2. The van der Waals surface area contributed by atoms with Crippen LogP contribution in [-0.4, -0.2) is 24.0 Å². The molecule has 1 aromatic carbocycles. The maximum absolute atomic E-state index is 12.2. The van der Waals surface area contributed by atoms with Gasteiger partial charge in [-0.05, 0) is 38.8 Å². The minimum absolute atomic E-state index is 0.0905. The van der Waals surface area contributed by atoms with Crippen LogP contribution in [0.15, 0.2) is 30.3 Å². The van der Waals surface area contributed by atoms with Gasteiger partial charge in [0.05, 0.1) is 5.01 Å². The quantitative estimate of drug-likeness (QED) is 0.888.